The molecule has 0 aliphatic carbocycles. The molecule has 4 heterocycles. The maximum absolute atomic E-state index is 10.5. The molecule has 10 heteroatoms. The molecule has 0 aromatic heterocycles. The van der Waals surface area contributed by atoms with Crippen molar-refractivity contribution >= 4 is 11.8 Å². The molecular weight excluding hydrogens is 428 g/mol. The molecule has 0 aromatic rings. The maximum atomic E-state index is 10.5. The molecule has 2 N–H and O–H groups in total. The Morgan fingerprint density at radius 1 is 0.935 bits per heavy atom. The predicted molar refractivity (Wildman–Crippen MR) is 111 cm³/mol. The molecule has 4 rings (SSSR count). The van der Waals surface area contributed by atoms with Crippen LogP contribution < -0.4 is 0 Å². The van der Waals surface area contributed by atoms with Crippen molar-refractivity contribution in [3.63, 3.8) is 0 Å². The van der Waals surface area contributed by atoms with Crippen molar-refractivity contribution < 1.29 is 43.4 Å². The van der Waals surface area contributed by atoms with Crippen LogP contribution in [-0.4, -0.2) is 94.7 Å². The van der Waals surface area contributed by atoms with Crippen LogP contribution in [0, 0.1) is 0 Å². The zero-order valence-corrected chi connectivity index (χ0v) is 19.9. The summed E-state index contributed by atoms with van der Waals surface area (Å²) < 4.78 is 42.0. The van der Waals surface area contributed by atoms with Gasteiger partial charge in [-0.25, -0.2) is 0 Å². The topological polar surface area (TPSA) is 105 Å². The summed E-state index contributed by atoms with van der Waals surface area (Å²) in [5, 5.41) is 20.2. The Balaban J connectivity index is 1.41. The highest BCUT2D eigenvalue weighted by molar-refractivity contribution is 8.00. The Hall–Kier alpha value is -0.0100. The van der Waals surface area contributed by atoms with Crippen molar-refractivity contribution in [2.75, 3.05) is 12.4 Å². The highest BCUT2D eigenvalue weighted by Gasteiger charge is 2.60. The van der Waals surface area contributed by atoms with E-state index >= 15 is 0 Å². The van der Waals surface area contributed by atoms with E-state index in [0.717, 1.165) is 0 Å². The van der Waals surface area contributed by atoms with E-state index in [1.54, 1.807) is 11.8 Å². The van der Waals surface area contributed by atoms with Crippen molar-refractivity contribution in [3.05, 3.63) is 0 Å². The largest absolute Gasteiger partial charge is 0.394 e. The van der Waals surface area contributed by atoms with Gasteiger partial charge in [0.05, 0.1) is 24.9 Å². The van der Waals surface area contributed by atoms with Gasteiger partial charge < -0.3 is 43.4 Å². The molecule has 4 saturated heterocycles. The molecule has 31 heavy (non-hydrogen) atoms. The van der Waals surface area contributed by atoms with Gasteiger partial charge in [0.15, 0.2) is 24.2 Å². The summed E-state index contributed by atoms with van der Waals surface area (Å²) in [5.41, 5.74) is 0. The van der Waals surface area contributed by atoms with E-state index in [0.29, 0.717) is 12.2 Å². The highest BCUT2D eigenvalue weighted by Crippen LogP contribution is 2.45. The standard InChI is InChI=1S/C21H36O9S/c1-10(2)24-18-11(23)7-14(12(8-22)25-18)31-9-13-15-16(28-20(3,4)27-15)17-19(26-13)30-21(5,6)29-17/h10-19,22-23H,7-9H2,1-6H3/t11-,12+,13+,14+,15-,16-,17+,18-,19+/m0/s1. The molecule has 0 bridgehead atoms. The fraction of sp³-hybridized carbons (Fsp3) is 1.00. The number of ether oxygens (including phenoxy) is 7. The quantitative estimate of drug-likeness (QED) is 0.599. The molecule has 4 aliphatic heterocycles. The lowest BCUT2D eigenvalue weighted by Gasteiger charge is -2.41. The molecule has 9 atom stereocenters. The van der Waals surface area contributed by atoms with Gasteiger partial charge in [-0.2, -0.15) is 11.8 Å². The van der Waals surface area contributed by atoms with E-state index < -0.39 is 36.4 Å². The third kappa shape index (κ3) is 5.24. The minimum absolute atomic E-state index is 0.0792. The monoisotopic (exact) mass is 464 g/mol. The molecule has 0 spiro atoms. The van der Waals surface area contributed by atoms with Gasteiger partial charge in [0, 0.05) is 11.0 Å². The number of aliphatic hydroxyl groups excluding tert-OH is 2. The molecule has 0 saturated carbocycles. The van der Waals surface area contributed by atoms with E-state index in [2.05, 4.69) is 0 Å². The Labute approximate surface area is 188 Å². The van der Waals surface area contributed by atoms with Gasteiger partial charge in [-0.3, -0.25) is 0 Å². The maximum Gasteiger partial charge on any atom is 0.190 e. The lowest BCUT2D eigenvalue weighted by atomic mass is 10.00. The lowest BCUT2D eigenvalue weighted by molar-refractivity contribution is -0.254. The Morgan fingerprint density at radius 3 is 2.26 bits per heavy atom. The smallest absolute Gasteiger partial charge is 0.190 e. The second-order valence-corrected chi connectivity index (χ2v) is 11.1. The third-order valence-corrected chi connectivity index (χ3v) is 7.27. The van der Waals surface area contributed by atoms with Crippen LogP contribution in [0.25, 0.3) is 0 Å². The van der Waals surface area contributed by atoms with E-state index in [1.165, 1.54) is 0 Å². The van der Waals surface area contributed by atoms with Crippen molar-refractivity contribution in [1.29, 1.82) is 0 Å². The van der Waals surface area contributed by atoms with Gasteiger partial charge in [-0.15, -0.1) is 0 Å². The van der Waals surface area contributed by atoms with Crippen molar-refractivity contribution in [3.8, 4) is 0 Å². The number of hydrogen-bond donors (Lipinski definition) is 2. The number of hydrogen-bond acceptors (Lipinski definition) is 10. The zero-order valence-electron chi connectivity index (χ0n) is 19.1. The van der Waals surface area contributed by atoms with Crippen molar-refractivity contribution in [1.82, 2.24) is 0 Å². The fourth-order valence-corrected chi connectivity index (χ4v) is 6.03. The number of thioether (sulfide) groups is 1. The number of fused-ring (bicyclic) bond motifs is 3. The minimum Gasteiger partial charge on any atom is -0.394 e. The summed E-state index contributed by atoms with van der Waals surface area (Å²) in [5.74, 6) is -0.931. The average Bonchev–Trinajstić information content (AvgIpc) is 3.15. The number of aliphatic hydroxyl groups is 2. The SMILES string of the molecule is CC(C)O[C@H]1O[C@H](CO)[C@H](SC[C@H]2O[C@@H]3OC(C)(C)O[C@@H]3[C@H]3OC(C)(C)O[C@H]32)C[C@@H]1O. The van der Waals surface area contributed by atoms with Crippen LogP contribution in [-0.2, 0) is 33.2 Å². The number of rotatable bonds is 6. The first-order chi connectivity index (χ1) is 14.5. The van der Waals surface area contributed by atoms with Crippen molar-refractivity contribution in [2.45, 2.75) is 120 Å². The van der Waals surface area contributed by atoms with Gasteiger partial charge in [-0.05, 0) is 48.0 Å². The minimum atomic E-state index is -0.760. The van der Waals surface area contributed by atoms with Gasteiger partial charge in [0.2, 0.25) is 0 Å². The van der Waals surface area contributed by atoms with Crippen LogP contribution in [0.3, 0.4) is 0 Å². The summed E-state index contributed by atoms with van der Waals surface area (Å²) in [6.45, 7) is 11.1. The van der Waals surface area contributed by atoms with Gasteiger partial charge >= 0.3 is 0 Å². The van der Waals surface area contributed by atoms with E-state index in [-0.39, 0.29) is 42.4 Å². The van der Waals surface area contributed by atoms with Gasteiger partial charge in [0.1, 0.15) is 24.4 Å². The first-order valence-electron chi connectivity index (χ1n) is 11.1. The highest BCUT2D eigenvalue weighted by atomic mass is 32.2. The summed E-state index contributed by atoms with van der Waals surface area (Å²) >= 11 is 1.59. The fourth-order valence-electron chi connectivity index (χ4n) is 4.62. The van der Waals surface area contributed by atoms with Crippen LogP contribution in [0.5, 0.6) is 0 Å². The summed E-state index contributed by atoms with van der Waals surface area (Å²) in [4.78, 5) is 0. The molecule has 0 radical (unpaired) electrons. The Morgan fingerprint density at radius 2 is 1.58 bits per heavy atom. The summed E-state index contributed by atoms with van der Waals surface area (Å²) in [6.07, 6.45) is -3.35. The first-order valence-corrected chi connectivity index (χ1v) is 12.1. The van der Waals surface area contributed by atoms with E-state index in [4.69, 9.17) is 33.2 Å². The molecule has 9 nitrogen and oxygen atoms in total. The molecule has 4 aliphatic rings. The lowest BCUT2D eigenvalue weighted by Crippen LogP contribution is -2.56. The van der Waals surface area contributed by atoms with E-state index in [9.17, 15) is 10.2 Å². The van der Waals surface area contributed by atoms with Crippen LogP contribution in [0.4, 0.5) is 0 Å². The van der Waals surface area contributed by atoms with Crippen LogP contribution in [0.1, 0.15) is 48.0 Å². The van der Waals surface area contributed by atoms with Crippen molar-refractivity contribution in [2.24, 2.45) is 0 Å². The molecule has 0 aromatic carbocycles. The zero-order chi connectivity index (χ0) is 22.6. The van der Waals surface area contributed by atoms with Gasteiger partial charge in [0.25, 0.3) is 0 Å². The Bertz CT molecular complexity index is 630. The molecule has 180 valence electrons. The molecule has 0 amide bonds. The first kappa shape index (κ1) is 24.1. The third-order valence-electron chi connectivity index (χ3n) is 5.82. The normalized spacial score (nSPS) is 46.2. The summed E-state index contributed by atoms with van der Waals surface area (Å²) in [7, 11) is 0. The second kappa shape index (κ2) is 8.98. The average molecular weight is 465 g/mol. The predicted octanol–water partition coefficient (Wildman–Crippen LogP) is 1.38. The Kier molecular flexibility index (Phi) is 6.99. The molecular formula is C21H36O9S. The summed E-state index contributed by atoms with van der Waals surface area (Å²) in [6, 6.07) is 0. The molecule has 0 unspecified atom stereocenters. The second-order valence-electron chi connectivity index (χ2n) is 9.79. The van der Waals surface area contributed by atoms with Gasteiger partial charge in [-0.1, -0.05) is 0 Å². The van der Waals surface area contributed by atoms with E-state index in [1.807, 2.05) is 41.5 Å². The van der Waals surface area contributed by atoms with Crippen LogP contribution in [0.2, 0.25) is 0 Å². The van der Waals surface area contributed by atoms with Crippen LogP contribution >= 0.6 is 11.8 Å². The van der Waals surface area contributed by atoms with Crippen LogP contribution in [0.15, 0.2) is 0 Å². The molecule has 4 fully saturated rings.